The van der Waals surface area contributed by atoms with Gasteiger partial charge in [0.25, 0.3) is 10.0 Å². The summed E-state index contributed by atoms with van der Waals surface area (Å²) in [7, 11) is -3.96. The largest absolute Gasteiger partial charge is 0.490 e. The number of hydrogen-bond donors (Lipinski definition) is 1. The van der Waals surface area contributed by atoms with Crippen molar-refractivity contribution in [3.63, 3.8) is 0 Å². The summed E-state index contributed by atoms with van der Waals surface area (Å²) < 4.78 is 46.5. The molecule has 1 aromatic heterocycles. The van der Waals surface area contributed by atoms with Gasteiger partial charge in [0, 0.05) is 0 Å². The summed E-state index contributed by atoms with van der Waals surface area (Å²) in [4.78, 5) is 3.86. The minimum atomic E-state index is -3.96. The topological polar surface area (TPSA) is 68.3 Å². The van der Waals surface area contributed by atoms with E-state index >= 15 is 0 Å². The number of halogens is 1. The zero-order valence-electron chi connectivity index (χ0n) is 12.5. The molecule has 8 heteroatoms. The Labute approximate surface area is 133 Å². The van der Waals surface area contributed by atoms with Crippen molar-refractivity contribution in [1.82, 2.24) is 4.98 Å². The number of anilines is 1. The molecule has 120 valence electrons. The summed E-state index contributed by atoms with van der Waals surface area (Å²) in [5, 5.41) is 0.433. The second kappa shape index (κ2) is 6.62. The molecule has 0 atom stereocenters. The second-order valence-electron chi connectivity index (χ2n) is 4.84. The van der Waals surface area contributed by atoms with Gasteiger partial charge in [-0.15, -0.1) is 11.3 Å². The van der Waals surface area contributed by atoms with Gasteiger partial charge in [0.15, 0.2) is 0 Å². The van der Waals surface area contributed by atoms with Crippen molar-refractivity contribution in [2.75, 3.05) is 4.72 Å². The van der Waals surface area contributed by atoms with Crippen molar-refractivity contribution < 1.29 is 17.5 Å². The van der Waals surface area contributed by atoms with Crippen molar-refractivity contribution >= 4 is 26.4 Å². The zero-order valence-corrected chi connectivity index (χ0v) is 14.1. The maximum Gasteiger partial charge on any atom is 0.266 e. The Bertz CT molecular complexity index is 757. The third kappa shape index (κ3) is 3.75. The standard InChI is InChI=1S/C14H17FN2O3S2/c1-4-11-14(21-8-16-11)17-22(18,19)13-7-10(15)5-6-12(13)20-9(2)3/h5-9,17H,4H2,1-3H3. The highest BCUT2D eigenvalue weighted by atomic mass is 32.2. The van der Waals surface area contributed by atoms with Crippen LogP contribution in [0.4, 0.5) is 9.39 Å². The van der Waals surface area contributed by atoms with E-state index in [2.05, 4.69) is 9.71 Å². The van der Waals surface area contributed by atoms with Crippen LogP contribution in [-0.2, 0) is 16.4 Å². The number of thiazole rings is 1. The first-order valence-electron chi connectivity index (χ1n) is 6.75. The number of nitrogens with one attached hydrogen (secondary N) is 1. The van der Waals surface area contributed by atoms with E-state index in [0.29, 0.717) is 17.1 Å². The Balaban J connectivity index is 2.42. The normalized spacial score (nSPS) is 11.7. The summed E-state index contributed by atoms with van der Waals surface area (Å²) in [6, 6.07) is 3.44. The Morgan fingerprint density at radius 3 is 2.77 bits per heavy atom. The van der Waals surface area contributed by atoms with Gasteiger partial charge < -0.3 is 4.74 Å². The van der Waals surface area contributed by atoms with Crippen LogP contribution in [0.3, 0.4) is 0 Å². The molecule has 0 fully saturated rings. The molecule has 0 amide bonds. The van der Waals surface area contributed by atoms with Crippen LogP contribution in [0.15, 0.2) is 28.6 Å². The lowest BCUT2D eigenvalue weighted by Gasteiger charge is -2.15. The third-order valence-electron chi connectivity index (χ3n) is 2.76. The van der Waals surface area contributed by atoms with E-state index < -0.39 is 15.8 Å². The number of nitrogens with zero attached hydrogens (tertiary/aromatic N) is 1. The molecule has 0 aliphatic carbocycles. The van der Waals surface area contributed by atoms with Crippen LogP contribution >= 0.6 is 11.3 Å². The van der Waals surface area contributed by atoms with E-state index in [1.165, 1.54) is 23.5 Å². The number of benzene rings is 1. The lowest BCUT2D eigenvalue weighted by atomic mass is 10.3. The van der Waals surface area contributed by atoms with E-state index in [4.69, 9.17) is 4.74 Å². The Morgan fingerprint density at radius 2 is 2.14 bits per heavy atom. The van der Waals surface area contributed by atoms with E-state index in [1.54, 1.807) is 19.4 Å². The predicted molar refractivity (Wildman–Crippen MR) is 84.5 cm³/mol. The van der Waals surface area contributed by atoms with Crippen LogP contribution in [0, 0.1) is 5.82 Å². The fourth-order valence-corrected chi connectivity index (χ4v) is 4.08. The van der Waals surface area contributed by atoms with Gasteiger partial charge in [-0.3, -0.25) is 4.72 Å². The van der Waals surface area contributed by atoms with Crippen LogP contribution < -0.4 is 9.46 Å². The van der Waals surface area contributed by atoms with Gasteiger partial charge in [0.2, 0.25) is 0 Å². The average molecular weight is 344 g/mol. The van der Waals surface area contributed by atoms with Crippen LogP contribution in [0.5, 0.6) is 5.75 Å². The highest BCUT2D eigenvalue weighted by Gasteiger charge is 2.23. The number of sulfonamides is 1. The quantitative estimate of drug-likeness (QED) is 0.872. The van der Waals surface area contributed by atoms with E-state index in [-0.39, 0.29) is 16.7 Å². The Morgan fingerprint density at radius 1 is 1.41 bits per heavy atom. The molecule has 1 N–H and O–H groups in total. The first-order chi connectivity index (χ1) is 10.3. The third-order valence-corrected chi connectivity index (χ3v) is 5.05. The van der Waals surface area contributed by atoms with Gasteiger partial charge in [0.05, 0.1) is 17.3 Å². The first-order valence-corrected chi connectivity index (χ1v) is 9.11. The average Bonchev–Trinajstić information content (AvgIpc) is 2.86. The van der Waals surface area contributed by atoms with E-state index in [9.17, 15) is 12.8 Å². The molecule has 5 nitrogen and oxygen atoms in total. The van der Waals surface area contributed by atoms with Crippen molar-refractivity contribution in [3.8, 4) is 5.75 Å². The predicted octanol–water partition coefficient (Wildman–Crippen LogP) is 3.43. The molecule has 0 aliphatic rings. The molecule has 2 rings (SSSR count). The maximum atomic E-state index is 13.5. The highest BCUT2D eigenvalue weighted by Crippen LogP contribution is 2.30. The number of rotatable bonds is 6. The summed E-state index contributed by atoms with van der Waals surface area (Å²) in [5.41, 5.74) is 2.21. The molecule has 1 aromatic carbocycles. The summed E-state index contributed by atoms with van der Waals surface area (Å²) in [6.07, 6.45) is 0.369. The lowest BCUT2D eigenvalue weighted by Crippen LogP contribution is -2.16. The Hall–Kier alpha value is -1.67. The summed E-state index contributed by atoms with van der Waals surface area (Å²) >= 11 is 1.18. The van der Waals surface area contributed by atoms with Gasteiger partial charge in [0.1, 0.15) is 21.5 Å². The smallest absolute Gasteiger partial charge is 0.266 e. The lowest BCUT2D eigenvalue weighted by molar-refractivity contribution is 0.235. The summed E-state index contributed by atoms with van der Waals surface area (Å²) in [6.45, 7) is 5.42. The van der Waals surface area contributed by atoms with Crippen molar-refractivity contribution in [1.29, 1.82) is 0 Å². The van der Waals surface area contributed by atoms with Gasteiger partial charge >= 0.3 is 0 Å². The van der Waals surface area contributed by atoms with Crippen molar-refractivity contribution in [2.24, 2.45) is 0 Å². The number of hydrogen-bond acceptors (Lipinski definition) is 5. The minimum absolute atomic E-state index is 0.117. The van der Waals surface area contributed by atoms with Crippen LogP contribution in [0.25, 0.3) is 0 Å². The minimum Gasteiger partial charge on any atom is -0.490 e. The SMILES string of the molecule is CCc1ncsc1NS(=O)(=O)c1cc(F)ccc1OC(C)C. The zero-order chi connectivity index (χ0) is 16.3. The van der Waals surface area contributed by atoms with E-state index in [0.717, 1.165) is 6.07 Å². The molecule has 0 bridgehead atoms. The Kier molecular flexibility index (Phi) is 5.02. The van der Waals surface area contributed by atoms with Crippen molar-refractivity contribution in [3.05, 3.63) is 35.2 Å². The fraction of sp³-hybridized carbons (Fsp3) is 0.357. The van der Waals surface area contributed by atoms with Gasteiger partial charge in [-0.2, -0.15) is 0 Å². The molecule has 0 aliphatic heterocycles. The maximum absolute atomic E-state index is 13.5. The fourth-order valence-electron chi connectivity index (χ4n) is 1.82. The molecule has 0 unspecified atom stereocenters. The van der Waals surface area contributed by atoms with Crippen LogP contribution in [0.1, 0.15) is 26.5 Å². The number of aromatic nitrogens is 1. The van der Waals surface area contributed by atoms with Crippen LogP contribution in [0.2, 0.25) is 0 Å². The summed E-state index contributed by atoms with van der Waals surface area (Å²) in [5.74, 6) is -0.525. The molecule has 1 heterocycles. The number of ether oxygens (including phenoxy) is 1. The second-order valence-corrected chi connectivity index (χ2v) is 7.35. The molecule has 0 radical (unpaired) electrons. The monoisotopic (exact) mass is 344 g/mol. The van der Waals surface area contributed by atoms with Crippen molar-refractivity contribution in [2.45, 2.75) is 38.2 Å². The molecule has 0 saturated carbocycles. The molecule has 2 aromatic rings. The molecular formula is C14H17FN2O3S2. The number of aryl methyl sites for hydroxylation is 1. The first kappa shape index (κ1) is 16.7. The molecular weight excluding hydrogens is 327 g/mol. The highest BCUT2D eigenvalue weighted by molar-refractivity contribution is 7.93. The van der Waals surface area contributed by atoms with E-state index in [1.807, 2.05) is 6.92 Å². The molecule has 0 spiro atoms. The molecule has 0 saturated heterocycles. The van der Waals surface area contributed by atoms with Gasteiger partial charge in [-0.25, -0.2) is 17.8 Å². The van der Waals surface area contributed by atoms with Crippen LogP contribution in [-0.4, -0.2) is 19.5 Å². The van der Waals surface area contributed by atoms with Gasteiger partial charge in [-0.1, -0.05) is 6.92 Å². The van der Waals surface area contributed by atoms with Gasteiger partial charge in [-0.05, 0) is 38.5 Å². The molecule has 22 heavy (non-hydrogen) atoms.